The van der Waals surface area contributed by atoms with Gasteiger partial charge >= 0.3 is 12.2 Å². The molecular formula is C42H66N2O9S2. The standard InChI is InChI=1S/C21H33NO5S.C21H33NO4S/c1-21(2,3)27-20(24)22-14-12-16(13-15-22)6-5-7-19(23)17-8-10-18(11-9-17)28(4,25)26;1-21(2,3)26-20(24)22-14-12-16(13-15-22)6-5-7-19(23)17-8-10-18(11-9-17)27(4)25/h8-11,16,19,23H,5-7,12-15H2,1-4H3;8-11,16,19,23H,5-7,12-15H2,1-4H3. The number of aliphatic hydroxyl groups is 2. The van der Waals surface area contributed by atoms with Crippen molar-refractivity contribution in [2.75, 3.05) is 38.7 Å². The van der Waals surface area contributed by atoms with Gasteiger partial charge < -0.3 is 29.5 Å². The molecule has 0 aromatic heterocycles. The van der Waals surface area contributed by atoms with E-state index in [0.29, 0.717) is 18.3 Å². The van der Waals surface area contributed by atoms with Gasteiger partial charge in [-0.2, -0.15) is 0 Å². The van der Waals surface area contributed by atoms with Gasteiger partial charge in [0.25, 0.3) is 0 Å². The Morgan fingerprint density at radius 2 is 1.05 bits per heavy atom. The zero-order valence-electron chi connectivity index (χ0n) is 34.3. The Hall–Kier alpha value is -3.00. The summed E-state index contributed by atoms with van der Waals surface area (Å²) in [6.45, 7) is 14.2. The van der Waals surface area contributed by atoms with E-state index in [1.807, 2.05) is 65.8 Å². The Kier molecular flexibility index (Phi) is 17.7. The van der Waals surface area contributed by atoms with Crippen molar-refractivity contribution in [1.29, 1.82) is 0 Å². The number of likely N-dealkylation sites (tertiary alicyclic amines) is 2. The predicted octanol–water partition coefficient (Wildman–Crippen LogP) is 8.22. The number of rotatable bonds is 12. The van der Waals surface area contributed by atoms with E-state index in [0.717, 1.165) is 100.0 Å². The van der Waals surface area contributed by atoms with Crippen LogP contribution in [0.2, 0.25) is 0 Å². The Morgan fingerprint density at radius 1 is 0.709 bits per heavy atom. The van der Waals surface area contributed by atoms with Crippen LogP contribution in [-0.4, -0.2) is 94.7 Å². The fourth-order valence-electron chi connectivity index (χ4n) is 6.81. The van der Waals surface area contributed by atoms with Crippen molar-refractivity contribution in [3.63, 3.8) is 0 Å². The van der Waals surface area contributed by atoms with Crippen LogP contribution >= 0.6 is 0 Å². The smallest absolute Gasteiger partial charge is 0.410 e. The second-order valence-corrected chi connectivity index (χ2v) is 20.5. The zero-order chi connectivity index (χ0) is 41.0. The van der Waals surface area contributed by atoms with E-state index in [4.69, 9.17) is 9.47 Å². The number of aliphatic hydroxyl groups excluding tert-OH is 2. The third-order valence-corrected chi connectivity index (χ3v) is 12.1. The molecule has 0 radical (unpaired) electrons. The van der Waals surface area contributed by atoms with Crippen LogP contribution in [0.15, 0.2) is 58.3 Å². The van der Waals surface area contributed by atoms with Crippen molar-refractivity contribution in [2.24, 2.45) is 11.8 Å². The molecule has 0 aliphatic carbocycles. The first-order valence-electron chi connectivity index (χ1n) is 19.7. The molecule has 2 fully saturated rings. The Labute approximate surface area is 332 Å². The van der Waals surface area contributed by atoms with Crippen LogP contribution in [0.4, 0.5) is 9.59 Å². The molecule has 0 spiro atoms. The number of amides is 2. The summed E-state index contributed by atoms with van der Waals surface area (Å²) in [5.41, 5.74) is 0.703. The molecule has 2 aliphatic heterocycles. The van der Waals surface area contributed by atoms with Crippen LogP contribution < -0.4 is 0 Å². The molecule has 2 aromatic carbocycles. The molecule has 13 heteroatoms. The van der Waals surface area contributed by atoms with Gasteiger partial charge in [0.05, 0.1) is 17.1 Å². The lowest BCUT2D eigenvalue weighted by Gasteiger charge is -2.33. The summed E-state index contributed by atoms with van der Waals surface area (Å²) in [5.74, 6) is 1.15. The quantitative estimate of drug-likeness (QED) is 0.216. The lowest BCUT2D eigenvalue weighted by molar-refractivity contribution is 0.0169. The van der Waals surface area contributed by atoms with Gasteiger partial charge in [-0.15, -0.1) is 0 Å². The number of nitrogens with zero attached hydrogens (tertiary/aromatic N) is 2. The van der Waals surface area contributed by atoms with E-state index >= 15 is 0 Å². The molecule has 2 aromatic rings. The lowest BCUT2D eigenvalue weighted by Crippen LogP contribution is -2.41. The summed E-state index contributed by atoms with van der Waals surface area (Å²) in [7, 11) is -4.21. The molecule has 0 bridgehead atoms. The maximum atomic E-state index is 12.1. The SMILES string of the molecule is CC(C)(C)OC(=O)N1CCC(CCCC(O)c2ccc(S(C)(=O)=O)cc2)CC1.CS(=O)c1ccc(C(O)CCCC2CCN(C(=O)OC(C)(C)C)CC2)cc1. The van der Waals surface area contributed by atoms with E-state index < -0.39 is 44.0 Å². The minimum absolute atomic E-state index is 0.215. The number of benzene rings is 2. The van der Waals surface area contributed by atoms with Crippen LogP contribution in [-0.2, 0) is 30.1 Å². The number of hydrogen-bond donors (Lipinski definition) is 2. The van der Waals surface area contributed by atoms with Crippen molar-refractivity contribution in [3.05, 3.63) is 59.7 Å². The van der Waals surface area contributed by atoms with Gasteiger partial charge in [-0.05, 0) is 127 Å². The highest BCUT2D eigenvalue weighted by Crippen LogP contribution is 2.29. The Bertz CT molecular complexity index is 1620. The average Bonchev–Trinajstić information content (AvgIpc) is 3.10. The first-order valence-corrected chi connectivity index (χ1v) is 23.1. The molecule has 3 atom stereocenters. The minimum atomic E-state index is -3.22. The van der Waals surface area contributed by atoms with E-state index in [2.05, 4.69) is 0 Å². The summed E-state index contributed by atoms with van der Waals surface area (Å²) in [5, 5.41) is 20.7. The molecule has 55 heavy (non-hydrogen) atoms. The molecule has 11 nitrogen and oxygen atoms in total. The fourth-order valence-corrected chi connectivity index (χ4v) is 7.96. The van der Waals surface area contributed by atoms with E-state index in [1.165, 1.54) is 6.26 Å². The van der Waals surface area contributed by atoms with Crippen LogP contribution in [0, 0.1) is 11.8 Å². The number of piperidine rings is 2. The third-order valence-electron chi connectivity index (χ3n) is 10.0. The number of sulfone groups is 1. The lowest BCUT2D eigenvalue weighted by atomic mass is 9.90. The van der Waals surface area contributed by atoms with Gasteiger partial charge in [0.1, 0.15) is 11.2 Å². The molecule has 2 heterocycles. The summed E-state index contributed by atoms with van der Waals surface area (Å²) >= 11 is 0. The number of carbonyl (C=O) groups excluding carboxylic acids is 2. The highest BCUT2D eigenvalue weighted by molar-refractivity contribution is 7.90. The highest BCUT2D eigenvalue weighted by Gasteiger charge is 2.28. The molecule has 0 saturated carbocycles. The van der Waals surface area contributed by atoms with Gasteiger partial charge in [0, 0.05) is 54.4 Å². The highest BCUT2D eigenvalue weighted by atomic mass is 32.2. The fraction of sp³-hybridized carbons (Fsp3) is 0.667. The molecule has 2 aliphatic rings. The first kappa shape index (κ1) is 46.4. The second-order valence-electron chi connectivity index (χ2n) is 17.1. The number of ether oxygens (including phenoxy) is 2. The van der Waals surface area contributed by atoms with Crippen LogP contribution in [0.3, 0.4) is 0 Å². The number of hydrogen-bond acceptors (Lipinski definition) is 9. The summed E-state index contributed by atoms with van der Waals surface area (Å²) in [6, 6.07) is 13.8. The molecule has 2 amide bonds. The van der Waals surface area contributed by atoms with Gasteiger partial charge in [-0.3, -0.25) is 4.21 Å². The molecular weight excluding hydrogens is 741 g/mol. The Morgan fingerprint density at radius 3 is 1.36 bits per heavy atom. The summed E-state index contributed by atoms with van der Waals surface area (Å²) in [4.78, 5) is 28.8. The summed E-state index contributed by atoms with van der Waals surface area (Å²) in [6.07, 6.45) is 10.5. The van der Waals surface area contributed by atoms with Crippen molar-refractivity contribution in [1.82, 2.24) is 9.80 Å². The van der Waals surface area contributed by atoms with Crippen molar-refractivity contribution < 1.29 is 41.9 Å². The van der Waals surface area contributed by atoms with Gasteiger partial charge in [-0.1, -0.05) is 49.9 Å². The van der Waals surface area contributed by atoms with Gasteiger partial charge in [0.15, 0.2) is 9.84 Å². The van der Waals surface area contributed by atoms with Crippen LogP contribution in [0.1, 0.15) is 129 Å². The van der Waals surface area contributed by atoms with Gasteiger partial charge in [-0.25, -0.2) is 18.0 Å². The zero-order valence-corrected chi connectivity index (χ0v) is 35.9. The molecule has 3 unspecified atom stereocenters. The third kappa shape index (κ3) is 16.9. The first-order chi connectivity index (χ1) is 25.6. The predicted molar refractivity (Wildman–Crippen MR) is 217 cm³/mol. The Balaban J connectivity index is 0.000000296. The minimum Gasteiger partial charge on any atom is -0.444 e. The average molecular weight is 807 g/mol. The van der Waals surface area contributed by atoms with Crippen LogP contribution in [0.5, 0.6) is 0 Å². The molecule has 2 saturated heterocycles. The monoisotopic (exact) mass is 806 g/mol. The van der Waals surface area contributed by atoms with Gasteiger partial charge in [0.2, 0.25) is 0 Å². The normalized spacial score (nSPS) is 17.8. The largest absolute Gasteiger partial charge is 0.444 e. The molecule has 4 rings (SSSR count). The van der Waals surface area contributed by atoms with E-state index in [9.17, 15) is 32.4 Å². The van der Waals surface area contributed by atoms with Crippen molar-refractivity contribution >= 4 is 32.8 Å². The van der Waals surface area contributed by atoms with Crippen molar-refractivity contribution in [3.8, 4) is 0 Å². The topological polar surface area (TPSA) is 151 Å². The van der Waals surface area contributed by atoms with Crippen LogP contribution in [0.25, 0.3) is 0 Å². The second kappa shape index (κ2) is 21.0. The number of carbonyl (C=O) groups is 2. The van der Waals surface area contributed by atoms with E-state index in [-0.39, 0.29) is 17.1 Å². The van der Waals surface area contributed by atoms with Crippen molar-refractivity contribution in [2.45, 2.75) is 139 Å². The maximum absolute atomic E-state index is 12.1. The summed E-state index contributed by atoms with van der Waals surface area (Å²) < 4.78 is 45.3. The molecule has 2 N–H and O–H groups in total. The van der Waals surface area contributed by atoms with E-state index in [1.54, 1.807) is 40.3 Å². The molecule has 310 valence electrons. The maximum Gasteiger partial charge on any atom is 0.410 e.